The third-order valence-electron chi connectivity index (χ3n) is 5.35. The number of nitrogens with one attached hydrogen (secondary N) is 1. The minimum absolute atomic E-state index is 0.114. The molecule has 10 nitrogen and oxygen atoms in total. The van der Waals surface area contributed by atoms with E-state index in [0.717, 1.165) is 6.07 Å². The second kappa shape index (κ2) is 8.46. The molecule has 2 aromatic heterocycles. The van der Waals surface area contributed by atoms with Crippen LogP contribution in [0.1, 0.15) is 26.4 Å². The standard InChI is InChI=1S/C21H19FN6O4/c22-14-5-4-12(19(23)26-32)17-16(14)13(11-25-17)18(29)21(31)28-9-7-27(8-10-28)20(30)15-3-1-2-6-24-15/h1-6,11,25,32H,7-10H2,(H2,23,26). The first kappa shape index (κ1) is 21.0. The van der Waals surface area contributed by atoms with Gasteiger partial charge < -0.3 is 25.7 Å². The first-order chi connectivity index (χ1) is 15.4. The predicted octanol–water partition coefficient (Wildman–Crippen LogP) is 0.964. The van der Waals surface area contributed by atoms with E-state index in [-0.39, 0.29) is 60.0 Å². The van der Waals surface area contributed by atoms with E-state index in [9.17, 15) is 18.8 Å². The lowest BCUT2D eigenvalue weighted by Crippen LogP contribution is -2.52. The number of carbonyl (C=O) groups is 3. The number of piperazine rings is 1. The van der Waals surface area contributed by atoms with Gasteiger partial charge >= 0.3 is 0 Å². The Balaban J connectivity index is 1.51. The van der Waals surface area contributed by atoms with Crippen LogP contribution in [0.2, 0.25) is 0 Å². The summed E-state index contributed by atoms with van der Waals surface area (Å²) in [6, 6.07) is 7.41. The van der Waals surface area contributed by atoms with E-state index in [1.54, 1.807) is 23.1 Å². The lowest BCUT2D eigenvalue weighted by molar-refractivity contribution is -0.127. The van der Waals surface area contributed by atoms with Crippen LogP contribution in [0.15, 0.2) is 47.9 Å². The normalized spacial score (nSPS) is 14.6. The smallest absolute Gasteiger partial charge is 0.295 e. The number of pyridine rings is 1. The Hall–Kier alpha value is -4.28. The van der Waals surface area contributed by atoms with Gasteiger partial charge in [0.2, 0.25) is 0 Å². The van der Waals surface area contributed by atoms with Crippen LogP contribution in [0, 0.1) is 5.82 Å². The molecular weight excluding hydrogens is 419 g/mol. The zero-order chi connectivity index (χ0) is 22.8. The Bertz CT molecular complexity index is 1230. The first-order valence-corrected chi connectivity index (χ1v) is 9.73. The number of ketones is 1. The SMILES string of the molecule is NC(=NO)c1ccc(F)c2c(C(=O)C(=O)N3CCN(C(=O)c4ccccn4)CC3)c[nH]c12. The van der Waals surface area contributed by atoms with Crippen molar-refractivity contribution in [1.29, 1.82) is 0 Å². The van der Waals surface area contributed by atoms with Gasteiger partial charge in [0, 0.05) is 49.5 Å². The van der Waals surface area contributed by atoms with Gasteiger partial charge in [-0.25, -0.2) is 4.39 Å². The van der Waals surface area contributed by atoms with Crippen molar-refractivity contribution in [2.75, 3.05) is 26.2 Å². The Morgan fingerprint density at radius 2 is 1.78 bits per heavy atom. The Morgan fingerprint density at radius 3 is 2.44 bits per heavy atom. The van der Waals surface area contributed by atoms with Crippen LogP contribution in [0.5, 0.6) is 0 Å². The van der Waals surface area contributed by atoms with Gasteiger partial charge in [-0.05, 0) is 24.3 Å². The molecule has 0 radical (unpaired) electrons. The molecular formula is C21H19FN6O4. The molecule has 0 bridgehead atoms. The van der Waals surface area contributed by atoms with Gasteiger partial charge in [-0.1, -0.05) is 11.2 Å². The summed E-state index contributed by atoms with van der Waals surface area (Å²) in [4.78, 5) is 47.8. The lowest BCUT2D eigenvalue weighted by atomic mass is 10.0. The number of nitrogens with zero attached hydrogens (tertiary/aromatic N) is 4. The van der Waals surface area contributed by atoms with Crippen molar-refractivity contribution in [2.45, 2.75) is 0 Å². The first-order valence-electron chi connectivity index (χ1n) is 9.73. The second-order valence-electron chi connectivity index (χ2n) is 7.16. The quantitative estimate of drug-likeness (QED) is 0.138. The Morgan fingerprint density at radius 1 is 1.06 bits per heavy atom. The number of halogens is 1. The fraction of sp³-hybridized carbons (Fsp3) is 0.190. The second-order valence-corrected chi connectivity index (χ2v) is 7.16. The number of Topliss-reactive ketones (excluding diaryl/α,β-unsaturated/α-hetero) is 1. The average molecular weight is 438 g/mol. The number of aromatic nitrogens is 2. The predicted molar refractivity (Wildman–Crippen MR) is 112 cm³/mol. The maximum Gasteiger partial charge on any atom is 0.295 e. The average Bonchev–Trinajstić information content (AvgIpc) is 3.29. The van der Waals surface area contributed by atoms with Crippen molar-refractivity contribution in [2.24, 2.45) is 10.9 Å². The monoisotopic (exact) mass is 438 g/mol. The highest BCUT2D eigenvalue weighted by Crippen LogP contribution is 2.26. The molecule has 11 heteroatoms. The highest BCUT2D eigenvalue weighted by Gasteiger charge is 2.31. The van der Waals surface area contributed by atoms with E-state index in [4.69, 9.17) is 10.9 Å². The van der Waals surface area contributed by atoms with E-state index < -0.39 is 17.5 Å². The van der Waals surface area contributed by atoms with E-state index in [2.05, 4.69) is 15.1 Å². The van der Waals surface area contributed by atoms with Crippen LogP contribution in [-0.4, -0.2) is 74.6 Å². The molecule has 1 fully saturated rings. The number of nitrogens with two attached hydrogens (primary N) is 1. The highest BCUT2D eigenvalue weighted by molar-refractivity contribution is 6.45. The van der Waals surface area contributed by atoms with Gasteiger partial charge in [-0.3, -0.25) is 19.4 Å². The summed E-state index contributed by atoms with van der Waals surface area (Å²) in [5.74, 6) is -2.94. The molecule has 0 saturated carbocycles. The number of hydrogen-bond acceptors (Lipinski definition) is 6. The summed E-state index contributed by atoms with van der Waals surface area (Å²) in [6.45, 7) is 0.793. The van der Waals surface area contributed by atoms with E-state index in [0.29, 0.717) is 5.69 Å². The van der Waals surface area contributed by atoms with Crippen LogP contribution in [0.4, 0.5) is 4.39 Å². The minimum Gasteiger partial charge on any atom is -0.409 e. The van der Waals surface area contributed by atoms with Crippen molar-refractivity contribution in [3.05, 3.63) is 65.4 Å². The molecule has 3 aromatic rings. The molecule has 0 unspecified atom stereocenters. The molecule has 164 valence electrons. The summed E-state index contributed by atoms with van der Waals surface area (Å²) in [6.07, 6.45) is 2.75. The molecule has 4 N–H and O–H groups in total. The molecule has 32 heavy (non-hydrogen) atoms. The van der Waals surface area contributed by atoms with Crippen LogP contribution in [0.25, 0.3) is 10.9 Å². The van der Waals surface area contributed by atoms with E-state index in [1.165, 1.54) is 23.4 Å². The van der Waals surface area contributed by atoms with Gasteiger partial charge in [-0.2, -0.15) is 0 Å². The molecule has 0 aliphatic carbocycles. The summed E-state index contributed by atoms with van der Waals surface area (Å²) in [5, 5.41) is 11.7. The lowest BCUT2D eigenvalue weighted by Gasteiger charge is -2.34. The summed E-state index contributed by atoms with van der Waals surface area (Å²) in [5.41, 5.74) is 6.10. The minimum atomic E-state index is -0.892. The van der Waals surface area contributed by atoms with Crippen molar-refractivity contribution < 1.29 is 24.0 Å². The summed E-state index contributed by atoms with van der Waals surface area (Å²) < 4.78 is 14.5. The van der Waals surface area contributed by atoms with Crippen molar-refractivity contribution in [3.8, 4) is 0 Å². The number of amidine groups is 1. The summed E-state index contributed by atoms with van der Waals surface area (Å²) in [7, 11) is 0. The molecule has 1 saturated heterocycles. The number of aromatic amines is 1. The molecule has 4 rings (SSSR count). The third-order valence-corrected chi connectivity index (χ3v) is 5.35. The van der Waals surface area contributed by atoms with Gasteiger partial charge in [0.1, 0.15) is 11.5 Å². The topological polar surface area (TPSA) is 145 Å². The molecule has 3 heterocycles. The van der Waals surface area contributed by atoms with Crippen LogP contribution < -0.4 is 5.73 Å². The summed E-state index contributed by atoms with van der Waals surface area (Å²) >= 11 is 0. The van der Waals surface area contributed by atoms with Gasteiger partial charge in [0.25, 0.3) is 17.6 Å². The molecule has 1 aliphatic heterocycles. The van der Waals surface area contributed by atoms with Gasteiger partial charge in [0.15, 0.2) is 5.84 Å². The number of fused-ring (bicyclic) bond motifs is 1. The number of oxime groups is 1. The number of benzene rings is 1. The van der Waals surface area contributed by atoms with Crippen LogP contribution in [-0.2, 0) is 4.79 Å². The zero-order valence-electron chi connectivity index (χ0n) is 16.8. The van der Waals surface area contributed by atoms with Gasteiger partial charge in [0.05, 0.1) is 11.1 Å². The maximum absolute atomic E-state index is 14.5. The number of hydrogen-bond donors (Lipinski definition) is 3. The number of H-pyrrole nitrogens is 1. The molecule has 2 amide bonds. The van der Waals surface area contributed by atoms with Crippen molar-refractivity contribution in [1.82, 2.24) is 19.8 Å². The van der Waals surface area contributed by atoms with Crippen molar-refractivity contribution >= 4 is 34.3 Å². The number of rotatable bonds is 4. The third kappa shape index (κ3) is 3.64. The number of amides is 2. The zero-order valence-corrected chi connectivity index (χ0v) is 16.8. The maximum atomic E-state index is 14.5. The van der Waals surface area contributed by atoms with Crippen molar-refractivity contribution in [3.63, 3.8) is 0 Å². The van der Waals surface area contributed by atoms with E-state index >= 15 is 0 Å². The highest BCUT2D eigenvalue weighted by atomic mass is 19.1. The molecule has 1 aromatic carbocycles. The fourth-order valence-corrected chi connectivity index (χ4v) is 3.68. The Labute approximate surface area is 181 Å². The van der Waals surface area contributed by atoms with Crippen LogP contribution >= 0.6 is 0 Å². The largest absolute Gasteiger partial charge is 0.409 e. The molecule has 0 atom stereocenters. The van der Waals surface area contributed by atoms with Gasteiger partial charge in [-0.15, -0.1) is 0 Å². The number of carbonyl (C=O) groups excluding carboxylic acids is 3. The fourth-order valence-electron chi connectivity index (χ4n) is 3.68. The Kier molecular flexibility index (Phi) is 5.54. The molecule has 0 spiro atoms. The molecule has 1 aliphatic rings. The van der Waals surface area contributed by atoms with E-state index in [1.807, 2.05) is 0 Å². The van der Waals surface area contributed by atoms with Crippen LogP contribution in [0.3, 0.4) is 0 Å².